The molecule has 0 aliphatic carbocycles. The standard InChI is InChI=1S/C14H16N2OS2/c18-14(16-12-5-2-1-3-6-12)15-8-10-19-11-13-7-4-9-17-13/h1-7,9H,8,10-11H2,(H2,15,16,18). The normalized spacial score (nSPS) is 10.1. The summed E-state index contributed by atoms with van der Waals surface area (Å²) in [6.45, 7) is 0.837. The summed E-state index contributed by atoms with van der Waals surface area (Å²) < 4.78 is 5.26. The molecule has 3 nitrogen and oxygen atoms in total. The van der Waals surface area contributed by atoms with Gasteiger partial charge in [-0.1, -0.05) is 18.2 Å². The topological polar surface area (TPSA) is 37.2 Å². The Hall–Kier alpha value is -1.46. The van der Waals surface area contributed by atoms with Crippen molar-refractivity contribution in [2.75, 3.05) is 17.6 Å². The molecule has 0 radical (unpaired) electrons. The maximum atomic E-state index is 5.26. The third kappa shape index (κ3) is 5.36. The minimum atomic E-state index is 0.657. The Balaban J connectivity index is 1.57. The molecule has 0 atom stereocenters. The van der Waals surface area contributed by atoms with Crippen LogP contribution in [0.3, 0.4) is 0 Å². The number of benzene rings is 1. The second kappa shape index (κ2) is 7.86. The summed E-state index contributed by atoms with van der Waals surface area (Å²) >= 11 is 7.03. The quantitative estimate of drug-likeness (QED) is 0.629. The highest BCUT2D eigenvalue weighted by atomic mass is 32.2. The SMILES string of the molecule is S=C(NCCSCc1ccco1)Nc1ccccc1. The van der Waals surface area contributed by atoms with Crippen LogP contribution in [0.15, 0.2) is 53.1 Å². The van der Waals surface area contributed by atoms with Gasteiger partial charge in [-0.25, -0.2) is 0 Å². The van der Waals surface area contributed by atoms with Crippen molar-refractivity contribution in [3.05, 3.63) is 54.5 Å². The molecule has 2 N–H and O–H groups in total. The van der Waals surface area contributed by atoms with Crippen LogP contribution in [0, 0.1) is 0 Å². The highest BCUT2D eigenvalue weighted by Gasteiger charge is 1.98. The molecule has 2 rings (SSSR count). The summed E-state index contributed by atoms with van der Waals surface area (Å²) in [5.41, 5.74) is 1.00. The van der Waals surface area contributed by atoms with Gasteiger partial charge >= 0.3 is 0 Å². The molecule has 0 aliphatic heterocycles. The summed E-state index contributed by atoms with van der Waals surface area (Å²) in [5, 5.41) is 6.98. The number of hydrogen-bond acceptors (Lipinski definition) is 3. The molecule has 2 aromatic rings. The molecule has 0 saturated heterocycles. The van der Waals surface area contributed by atoms with E-state index in [2.05, 4.69) is 10.6 Å². The number of thioether (sulfide) groups is 1. The monoisotopic (exact) mass is 292 g/mol. The van der Waals surface area contributed by atoms with Crippen molar-refractivity contribution in [1.82, 2.24) is 5.32 Å². The van der Waals surface area contributed by atoms with E-state index in [1.807, 2.05) is 54.2 Å². The van der Waals surface area contributed by atoms with Crippen LogP contribution < -0.4 is 10.6 Å². The van der Waals surface area contributed by atoms with Crippen molar-refractivity contribution in [2.24, 2.45) is 0 Å². The minimum Gasteiger partial charge on any atom is -0.468 e. The lowest BCUT2D eigenvalue weighted by Crippen LogP contribution is -2.30. The van der Waals surface area contributed by atoms with Gasteiger partial charge in [-0.3, -0.25) is 0 Å². The molecule has 0 bridgehead atoms. The lowest BCUT2D eigenvalue weighted by Gasteiger charge is -2.09. The average Bonchev–Trinajstić information content (AvgIpc) is 2.92. The fourth-order valence-electron chi connectivity index (χ4n) is 1.50. The van der Waals surface area contributed by atoms with Gasteiger partial charge in [-0.15, -0.1) is 0 Å². The molecule has 0 spiro atoms. The second-order valence-electron chi connectivity index (χ2n) is 3.88. The van der Waals surface area contributed by atoms with E-state index in [0.717, 1.165) is 29.5 Å². The van der Waals surface area contributed by atoms with E-state index in [9.17, 15) is 0 Å². The molecule has 19 heavy (non-hydrogen) atoms. The largest absolute Gasteiger partial charge is 0.468 e. The number of para-hydroxylation sites is 1. The van der Waals surface area contributed by atoms with E-state index in [1.165, 1.54) is 0 Å². The van der Waals surface area contributed by atoms with Crippen LogP contribution in [-0.4, -0.2) is 17.4 Å². The number of thiocarbonyl (C=S) groups is 1. The summed E-state index contributed by atoms with van der Waals surface area (Å²) in [5.74, 6) is 2.89. The first-order valence-corrected chi connectivity index (χ1v) is 7.61. The molecular formula is C14H16N2OS2. The van der Waals surface area contributed by atoms with E-state index in [4.69, 9.17) is 16.6 Å². The third-order valence-electron chi connectivity index (χ3n) is 2.39. The van der Waals surface area contributed by atoms with Gasteiger partial charge in [0.1, 0.15) is 5.76 Å². The van der Waals surface area contributed by atoms with Crippen molar-refractivity contribution >= 4 is 34.8 Å². The van der Waals surface area contributed by atoms with E-state index in [0.29, 0.717) is 5.11 Å². The fraction of sp³-hybridized carbons (Fsp3) is 0.214. The molecule has 0 amide bonds. The van der Waals surface area contributed by atoms with Gasteiger partial charge in [-0.05, 0) is 36.5 Å². The van der Waals surface area contributed by atoms with Crippen molar-refractivity contribution < 1.29 is 4.42 Å². The van der Waals surface area contributed by atoms with Crippen LogP contribution in [0.2, 0.25) is 0 Å². The van der Waals surface area contributed by atoms with Gasteiger partial charge in [0.2, 0.25) is 0 Å². The van der Waals surface area contributed by atoms with Crippen LogP contribution in [0.25, 0.3) is 0 Å². The fourth-order valence-corrected chi connectivity index (χ4v) is 2.48. The zero-order chi connectivity index (χ0) is 13.3. The molecule has 1 aromatic carbocycles. The van der Waals surface area contributed by atoms with Crippen molar-refractivity contribution in [3.8, 4) is 0 Å². The lowest BCUT2D eigenvalue weighted by atomic mass is 10.3. The highest BCUT2D eigenvalue weighted by molar-refractivity contribution is 7.98. The molecular weight excluding hydrogens is 276 g/mol. The molecule has 1 aromatic heterocycles. The minimum absolute atomic E-state index is 0.657. The number of nitrogens with one attached hydrogen (secondary N) is 2. The van der Waals surface area contributed by atoms with Crippen LogP contribution >= 0.6 is 24.0 Å². The molecule has 5 heteroatoms. The van der Waals surface area contributed by atoms with E-state index >= 15 is 0 Å². The zero-order valence-electron chi connectivity index (χ0n) is 10.5. The van der Waals surface area contributed by atoms with E-state index in [-0.39, 0.29) is 0 Å². The number of furan rings is 1. The molecule has 0 unspecified atom stereocenters. The highest BCUT2D eigenvalue weighted by Crippen LogP contribution is 2.11. The summed E-state index contributed by atoms with van der Waals surface area (Å²) in [6.07, 6.45) is 1.70. The zero-order valence-corrected chi connectivity index (χ0v) is 12.1. The van der Waals surface area contributed by atoms with Crippen molar-refractivity contribution in [3.63, 3.8) is 0 Å². The molecule has 0 fully saturated rings. The average molecular weight is 292 g/mol. The molecule has 100 valence electrons. The van der Waals surface area contributed by atoms with E-state index in [1.54, 1.807) is 6.26 Å². The number of rotatable bonds is 6. The first-order valence-electron chi connectivity index (χ1n) is 6.04. The second-order valence-corrected chi connectivity index (χ2v) is 5.39. The van der Waals surface area contributed by atoms with Gasteiger partial charge in [0.25, 0.3) is 0 Å². The van der Waals surface area contributed by atoms with Gasteiger partial charge in [0, 0.05) is 18.0 Å². The predicted octanol–water partition coefficient (Wildman–Crippen LogP) is 3.50. The Morgan fingerprint density at radius 1 is 1.16 bits per heavy atom. The van der Waals surface area contributed by atoms with Gasteiger partial charge in [-0.2, -0.15) is 11.8 Å². The Morgan fingerprint density at radius 2 is 2.00 bits per heavy atom. The number of anilines is 1. The van der Waals surface area contributed by atoms with Crippen LogP contribution in [0.4, 0.5) is 5.69 Å². The molecule has 0 aliphatic rings. The third-order valence-corrected chi connectivity index (χ3v) is 3.62. The maximum Gasteiger partial charge on any atom is 0.170 e. The Bertz CT molecular complexity index is 485. The summed E-state index contributed by atoms with van der Waals surface area (Å²) in [7, 11) is 0. The van der Waals surface area contributed by atoms with Crippen LogP contribution in [0.5, 0.6) is 0 Å². The first-order chi connectivity index (χ1) is 9.34. The van der Waals surface area contributed by atoms with Crippen molar-refractivity contribution in [1.29, 1.82) is 0 Å². The smallest absolute Gasteiger partial charge is 0.170 e. The maximum absolute atomic E-state index is 5.26. The van der Waals surface area contributed by atoms with Gasteiger partial charge in [0.15, 0.2) is 5.11 Å². The molecule has 0 saturated carbocycles. The Labute approximate surface area is 122 Å². The van der Waals surface area contributed by atoms with Crippen LogP contribution in [0.1, 0.15) is 5.76 Å². The van der Waals surface area contributed by atoms with Crippen molar-refractivity contribution in [2.45, 2.75) is 5.75 Å². The Morgan fingerprint density at radius 3 is 2.74 bits per heavy atom. The first kappa shape index (κ1) is 14.0. The predicted molar refractivity (Wildman–Crippen MR) is 85.5 cm³/mol. The summed E-state index contributed by atoms with van der Waals surface area (Å²) in [6, 6.07) is 13.8. The lowest BCUT2D eigenvalue weighted by molar-refractivity contribution is 0.530. The van der Waals surface area contributed by atoms with Gasteiger partial charge < -0.3 is 15.1 Å². The Kier molecular flexibility index (Phi) is 5.78. The molecule has 1 heterocycles. The number of hydrogen-bond donors (Lipinski definition) is 2. The van der Waals surface area contributed by atoms with Crippen LogP contribution in [-0.2, 0) is 5.75 Å². The van der Waals surface area contributed by atoms with E-state index < -0.39 is 0 Å². The van der Waals surface area contributed by atoms with Gasteiger partial charge in [0.05, 0.1) is 12.0 Å². The summed E-state index contributed by atoms with van der Waals surface area (Å²) in [4.78, 5) is 0.